The molecule has 1 fully saturated rings. The van der Waals surface area contributed by atoms with E-state index in [4.69, 9.17) is 14.2 Å². The molecule has 1 aromatic carbocycles. The lowest BCUT2D eigenvalue weighted by molar-refractivity contribution is -0.0135. The van der Waals surface area contributed by atoms with Crippen molar-refractivity contribution < 1.29 is 24.1 Å². The molecule has 31 heavy (non-hydrogen) atoms. The third-order valence-electron chi connectivity index (χ3n) is 5.96. The van der Waals surface area contributed by atoms with Crippen LogP contribution in [0.1, 0.15) is 28.6 Å². The summed E-state index contributed by atoms with van der Waals surface area (Å²) in [5.74, 6) is 0.583. The number of aryl methyl sites for hydroxylation is 1. The molecule has 8 nitrogen and oxygen atoms in total. The van der Waals surface area contributed by atoms with Crippen molar-refractivity contribution >= 4 is 11.7 Å². The standard InChI is InChI=1S/C23H25N3O5/c1-15-18(14-27)26-8-4-7-19(22(26)24-15)30-21-17-6-3-2-5-16(17)13-20(21)31-23(28)25-9-11-29-12-10-25/h2-8,20-21,27H,9-14H2,1H3. The van der Waals surface area contributed by atoms with E-state index in [2.05, 4.69) is 4.98 Å². The van der Waals surface area contributed by atoms with Crippen LogP contribution in [-0.4, -0.2) is 57.9 Å². The molecular formula is C23H25N3O5. The number of benzene rings is 1. The number of imidazole rings is 1. The molecule has 3 aromatic rings. The number of aliphatic hydroxyl groups excluding tert-OH is 1. The summed E-state index contributed by atoms with van der Waals surface area (Å²) in [6.45, 7) is 3.85. The Balaban J connectivity index is 1.45. The maximum Gasteiger partial charge on any atom is 0.410 e. The Bertz CT molecular complexity index is 1110. The van der Waals surface area contributed by atoms with Gasteiger partial charge in [-0.1, -0.05) is 24.3 Å². The third kappa shape index (κ3) is 3.62. The van der Waals surface area contributed by atoms with Crippen molar-refractivity contribution in [2.75, 3.05) is 26.3 Å². The van der Waals surface area contributed by atoms with Gasteiger partial charge in [0.15, 0.2) is 17.5 Å². The van der Waals surface area contributed by atoms with Gasteiger partial charge in [0.2, 0.25) is 0 Å². The zero-order valence-corrected chi connectivity index (χ0v) is 17.4. The average molecular weight is 423 g/mol. The number of hydrogen-bond acceptors (Lipinski definition) is 6. The van der Waals surface area contributed by atoms with Crippen molar-refractivity contribution in [3.8, 4) is 5.75 Å². The Labute approximate surface area is 180 Å². The number of pyridine rings is 1. The molecule has 162 valence electrons. The lowest BCUT2D eigenvalue weighted by Gasteiger charge is -2.29. The van der Waals surface area contributed by atoms with E-state index in [-0.39, 0.29) is 12.7 Å². The van der Waals surface area contributed by atoms with Crippen LogP contribution in [0, 0.1) is 6.92 Å². The van der Waals surface area contributed by atoms with Crippen molar-refractivity contribution in [2.45, 2.75) is 32.2 Å². The summed E-state index contributed by atoms with van der Waals surface area (Å²) in [6, 6.07) is 11.7. The molecule has 2 atom stereocenters. The van der Waals surface area contributed by atoms with Gasteiger partial charge in [0.1, 0.15) is 6.10 Å². The van der Waals surface area contributed by atoms with Crippen molar-refractivity contribution in [1.29, 1.82) is 0 Å². The van der Waals surface area contributed by atoms with Gasteiger partial charge in [0, 0.05) is 25.7 Å². The first-order valence-electron chi connectivity index (χ1n) is 10.5. The SMILES string of the molecule is Cc1nc2c(OC3c4ccccc4CC3OC(=O)N3CCOCC3)cccn2c1CO. The molecule has 1 amide bonds. The molecule has 1 aliphatic heterocycles. The molecule has 1 N–H and O–H groups in total. The van der Waals surface area contributed by atoms with Crippen LogP contribution < -0.4 is 4.74 Å². The number of nitrogens with zero attached hydrogens (tertiary/aromatic N) is 3. The van der Waals surface area contributed by atoms with E-state index in [1.165, 1.54) is 0 Å². The van der Waals surface area contributed by atoms with Gasteiger partial charge in [-0.2, -0.15) is 0 Å². The fourth-order valence-corrected chi connectivity index (χ4v) is 4.34. The second-order valence-electron chi connectivity index (χ2n) is 7.83. The smallest absolute Gasteiger partial charge is 0.410 e. The number of morpholine rings is 1. The summed E-state index contributed by atoms with van der Waals surface area (Å²) >= 11 is 0. The Morgan fingerprint density at radius 1 is 1.23 bits per heavy atom. The summed E-state index contributed by atoms with van der Waals surface area (Å²) in [7, 11) is 0. The second-order valence-corrected chi connectivity index (χ2v) is 7.83. The normalized spacial score (nSPS) is 20.6. The molecule has 0 spiro atoms. The molecule has 0 radical (unpaired) electrons. The van der Waals surface area contributed by atoms with Crippen molar-refractivity contribution in [3.63, 3.8) is 0 Å². The summed E-state index contributed by atoms with van der Waals surface area (Å²) in [5.41, 5.74) is 4.22. The molecule has 0 saturated carbocycles. The summed E-state index contributed by atoms with van der Waals surface area (Å²) < 4.78 is 19.5. The minimum atomic E-state index is -0.443. The number of carbonyl (C=O) groups excluding carboxylic acids is 1. The first-order valence-corrected chi connectivity index (χ1v) is 10.5. The van der Waals surface area contributed by atoms with E-state index in [1.807, 2.05) is 53.9 Å². The fourth-order valence-electron chi connectivity index (χ4n) is 4.34. The zero-order chi connectivity index (χ0) is 21.4. The van der Waals surface area contributed by atoms with Gasteiger partial charge < -0.3 is 24.2 Å². The van der Waals surface area contributed by atoms with Gasteiger partial charge in [-0.15, -0.1) is 0 Å². The molecule has 2 unspecified atom stereocenters. The van der Waals surface area contributed by atoms with E-state index in [1.54, 1.807) is 4.90 Å². The second kappa shape index (κ2) is 8.20. The van der Waals surface area contributed by atoms with E-state index < -0.39 is 12.2 Å². The van der Waals surface area contributed by atoms with E-state index in [0.717, 1.165) is 22.5 Å². The predicted octanol–water partition coefficient (Wildman–Crippen LogP) is 2.65. The highest BCUT2D eigenvalue weighted by Crippen LogP contribution is 2.38. The van der Waals surface area contributed by atoms with Crippen molar-refractivity contribution in [2.24, 2.45) is 0 Å². The number of aliphatic hydroxyl groups is 1. The molecule has 1 saturated heterocycles. The number of carbonyl (C=O) groups is 1. The van der Waals surface area contributed by atoms with Gasteiger partial charge in [0.05, 0.1) is 31.2 Å². The van der Waals surface area contributed by atoms with Gasteiger partial charge in [0.25, 0.3) is 0 Å². The Morgan fingerprint density at radius 3 is 2.84 bits per heavy atom. The number of ether oxygens (including phenoxy) is 3. The van der Waals surface area contributed by atoms with Gasteiger partial charge in [-0.25, -0.2) is 9.78 Å². The number of rotatable bonds is 4. The Hall–Kier alpha value is -3.10. The highest BCUT2D eigenvalue weighted by molar-refractivity contribution is 5.68. The molecule has 2 aliphatic rings. The van der Waals surface area contributed by atoms with Crippen LogP contribution in [-0.2, 0) is 22.5 Å². The first kappa shape index (κ1) is 19.8. The highest BCUT2D eigenvalue weighted by atomic mass is 16.6. The van der Waals surface area contributed by atoms with Crippen LogP contribution in [0.4, 0.5) is 4.79 Å². The molecule has 5 rings (SSSR count). The number of amides is 1. The average Bonchev–Trinajstić information content (AvgIpc) is 3.31. The lowest BCUT2D eigenvalue weighted by atomic mass is 10.1. The molecule has 0 bridgehead atoms. The van der Waals surface area contributed by atoms with E-state index in [0.29, 0.717) is 44.1 Å². The van der Waals surface area contributed by atoms with Crippen molar-refractivity contribution in [3.05, 3.63) is 65.1 Å². The first-order chi connectivity index (χ1) is 15.2. The van der Waals surface area contributed by atoms with Crippen LogP contribution in [0.15, 0.2) is 42.6 Å². The van der Waals surface area contributed by atoms with E-state index in [9.17, 15) is 9.90 Å². The summed E-state index contributed by atoms with van der Waals surface area (Å²) in [6.07, 6.45) is 1.22. The number of fused-ring (bicyclic) bond motifs is 2. The molecule has 1 aliphatic carbocycles. The molecule has 3 heterocycles. The largest absolute Gasteiger partial charge is 0.478 e. The minimum absolute atomic E-state index is 0.109. The van der Waals surface area contributed by atoms with Gasteiger partial charge >= 0.3 is 6.09 Å². The maximum atomic E-state index is 12.8. The molecule has 8 heteroatoms. The van der Waals surface area contributed by atoms with Crippen LogP contribution in [0.2, 0.25) is 0 Å². The van der Waals surface area contributed by atoms with Crippen LogP contribution in [0.5, 0.6) is 5.75 Å². The molecular weight excluding hydrogens is 398 g/mol. The quantitative estimate of drug-likeness (QED) is 0.695. The van der Waals surface area contributed by atoms with Crippen molar-refractivity contribution in [1.82, 2.24) is 14.3 Å². The lowest BCUT2D eigenvalue weighted by Crippen LogP contribution is -2.43. The fraction of sp³-hybridized carbons (Fsp3) is 0.391. The van der Waals surface area contributed by atoms with E-state index >= 15 is 0 Å². The summed E-state index contributed by atoms with van der Waals surface area (Å²) in [5, 5.41) is 9.70. The minimum Gasteiger partial charge on any atom is -0.478 e. The van der Waals surface area contributed by atoms with Crippen LogP contribution in [0.3, 0.4) is 0 Å². The highest BCUT2D eigenvalue weighted by Gasteiger charge is 2.38. The predicted molar refractivity (Wildman–Crippen MR) is 112 cm³/mol. The summed E-state index contributed by atoms with van der Waals surface area (Å²) in [4.78, 5) is 19.0. The molecule has 2 aromatic heterocycles. The third-order valence-corrected chi connectivity index (χ3v) is 5.96. The van der Waals surface area contributed by atoms with Crippen LogP contribution in [0.25, 0.3) is 5.65 Å². The Kier molecular flexibility index (Phi) is 5.25. The Morgan fingerprint density at radius 2 is 2.03 bits per heavy atom. The monoisotopic (exact) mass is 423 g/mol. The van der Waals surface area contributed by atoms with Gasteiger partial charge in [-0.3, -0.25) is 4.40 Å². The zero-order valence-electron chi connectivity index (χ0n) is 17.4. The number of hydrogen-bond donors (Lipinski definition) is 1. The number of aromatic nitrogens is 2. The maximum absolute atomic E-state index is 12.8. The van der Waals surface area contributed by atoms with Gasteiger partial charge in [-0.05, 0) is 30.2 Å². The topological polar surface area (TPSA) is 85.5 Å². The van der Waals surface area contributed by atoms with Crippen LogP contribution >= 0.6 is 0 Å².